The number of carboxylic acid groups (broad SMARTS) is 1. The summed E-state index contributed by atoms with van der Waals surface area (Å²) in [5.74, 6) is 1.32. The zero-order valence-corrected chi connectivity index (χ0v) is 11.8. The van der Waals surface area contributed by atoms with Crippen molar-refractivity contribution in [3.63, 3.8) is 0 Å². The first-order valence-electron chi connectivity index (χ1n) is 6.72. The average molecular weight is 287 g/mol. The lowest BCUT2D eigenvalue weighted by molar-refractivity contribution is -0.138. The van der Waals surface area contributed by atoms with E-state index in [1.165, 1.54) is 0 Å². The molecule has 7 heteroatoms. The van der Waals surface area contributed by atoms with Gasteiger partial charge in [0, 0.05) is 38.0 Å². The highest BCUT2D eigenvalue weighted by Crippen LogP contribution is 2.17. The Morgan fingerprint density at radius 3 is 2.79 bits per heavy atom. The second-order valence-electron chi connectivity index (χ2n) is 5.02. The number of aliphatic carboxylic acids is 1. The van der Waals surface area contributed by atoms with Gasteiger partial charge in [-0.25, -0.2) is 4.79 Å². The van der Waals surface area contributed by atoms with Crippen molar-refractivity contribution in [1.82, 2.24) is 15.1 Å². The van der Waals surface area contributed by atoms with Crippen molar-refractivity contribution < 1.29 is 14.7 Å². The summed E-state index contributed by atoms with van der Waals surface area (Å²) in [6, 6.07) is 0.306. The normalized spacial score (nSPS) is 25.1. The summed E-state index contributed by atoms with van der Waals surface area (Å²) in [6.45, 7) is 2.77. The third kappa shape index (κ3) is 4.58. The van der Waals surface area contributed by atoms with Crippen LogP contribution in [0.25, 0.3) is 0 Å². The highest BCUT2D eigenvalue weighted by atomic mass is 32.2. The Bertz CT molecular complexity index is 334. The zero-order chi connectivity index (χ0) is 13.7. The molecule has 0 saturated carbocycles. The predicted octanol–water partition coefficient (Wildman–Crippen LogP) is 0.294. The van der Waals surface area contributed by atoms with Gasteiger partial charge in [0.05, 0.1) is 6.54 Å². The van der Waals surface area contributed by atoms with Crippen molar-refractivity contribution in [3.05, 3.63) is 0 Å². The number of nitrogens with zero attached hydrogens (tertiary/aromatic N) is 2. The Balaban J connectivity index is 1.77. The Kier molecular flexibility index (Phi) is 5.33. The number of rotatable bonds is 3. The average Bonchev–Trinajstić information content (AvgIpc) is 2.74. The molecule has 2 aliphatic heterocycles. The van der Waals surface area contributed by atoms with E-state index in [0.717, 1.165) is 30.9 Å². The summed E-state index contributed by atoms with van der Waals surface area (Å²) >= 11 is 1.88. The summed E-state index contributed by atoms with van der Waals surface area (Å²) in [7, 11) is 0. The van der Waals surface area contributed by atoms with E-state index in [2.05, 4.69) is 5.32 Å². The van der Waals surface area contributed by atoms with E-state index < -0.39 is 5.97 Å². The van der Waals surface area contributed by atoms with Crippen LogP contribution >= 0.6 is 11.8 Å². The van der Waals surface area contributed by atoms with Crippen LogP contribution in [0.1, 0.15) is 12.8 Å². The van der Waals surface area contributed by atoms with Crippen molar-refractivity contribution in [2.45, 2.75) is 18.9 Å². The molecule has 1 unspecified atom stereocenters. The molecular formula is C12H21N3O3S. The van der Waals surface area contributed by atoms with Gasteiger partial charge in [-0.15, -0.1) is 0 Å². The SMILES string of the molecule is O=C(O)CN1CCCN(C(=O)NC2CCSC2)CC1. The fourth-order valence-electron chi connectivity index (χ4n) is 2.44. The van der Waals surface area contributed by atoms with Crippen molar-refractivity contribution >= 4 is 23.8 Å². The maximum absolute atomic E-state index is 12.1. The lowest BCUT2D eigenvalue weighted by Crippen LogP contribution is -2.46. The number of hydrogen-bond acceptors (Lipinski definition) is 4. The van der Waals surface area contributed by atoms with Gasteiger partial charge >= 0.3 is 12.0 Å². The van der Waals surface area contributed by atoms with Gasteiger partial charge in [0.1, 0.15) is 0 Å². The third-order valence-electron chi connectivity index (χ3n) is 3.49. The number of urea groups is 1. The van der Waals surface area contributed by atoms with Crippen LogP contribution in [-0.4, -0.2) is 77.2 Å². The van der Waals surface area contributed by atoms with E-state index in [-0.39, 0.29) is 12.6 Å². The van der Waals surface area contributed by atoms with Gasteiger partial charge in [-0.2, -0.15) is 11.8 Å². The summed E-state index contributed by atoms with van der Waals surface area (Å²) < 4.78 is 0. The fraction of sp³-hybridized carbons (Fsp3) is 0.833. The molecule has 2 heterocycles. The maximum atomic E-state index is 12.1. The smallest absolute Gasteiger partial charge is 0.317 e. The first kappa shape index (κ1) is 14.5. The number of amides is 2. The lowest BCUT2D eigenvalue weighted by atomic mass is 10.3. The number of hydrogen-bond donors (Lipinski definition) is 2. The molecule has 2 N–H and O–H groups in total. The molecule has 0 aromatic rings. The molecule has 2 rings (SSSR count). The molecule has 0 bridgehead atoms. The minimum absolute atomic E-state index is 0.00433. The Hall–Kier alpha value is -0.950. The molecule has 108 valence electrons. The van der Waals surface area contributed by atoms with Crippen LogP contribution in [-0.2, 0) is 4.79 Å². The topological polar surface area (TPSA) is 72.9 Å². The van der Waals surface area contributed by atoms with Crippen molar-refractivity contribution in [2.24, 2.45) is 0 Å². The van der Waals surface area contributed by atoms with Crippen LogP contribution < -0.4 is 5.32 Å². The molecule has 1 atom stereocenters. The molecule has 2 aliphatic rings. The van der Waals surface area contributed by atoms with E-state index in [4.69, 9.17) is 5.11 Å². The van der Waals surface area contributed by atoms with Crippen LogP contribution in [0.15, 0.2) is 0 Å². The van der Waals surface area contributed by atoms with Crippen molar-refractivity contribution in [1.29, 1.82) is 0 Å². The first-order chi connectivity index (χ1) is 9.15. The molecule has 0 aromatic heterocycles. The van der Waals surface area contributed by atoms with Gasteiger partial charge < -0.3 is 15.3 Å². The molecule has 0 aliphatic carbocycles. The van der Waals surface area contributed by atoms with Crippen LogP contribution in [0.2, 0.25) is 0 Å². The largest absolute Gasteiger partial charge is 0.480 e. The maximum Gasteiger partial charge on any atom is 0.317 e. The lowest BCUT2D eigenvalue weighted by Gasteiger charge is -2.23. The van der Waals surface area contributed by atoms with Crippen molar-refractivity contribution in [3.8, 4) is 0 Å². The second kappa shape index (κ2) is 7.00. The minimum Gasteiger partial charge on any atom is -0.480 e. The number of nitrogens with one attached hydrogen (secondary N) is 1. The van der Waals surface area contributed by atoms with E-state index in [0.29, 0.717) is 25.7 Å². The van der Waals surface area contributed by atoms with Gasteiger partial charge in [0.15, 0.2) is 0 Å². The molecular weight excluding hydrogens is 266 g/mol. The van der Waals surface area contributed by atoms with Gasteiger partial charge in [0.2, 0.25) is 0 Å². The Morgan fingerprint density at radius 2 is 2.11 bits per heavy atom. The predicted molar refractivity (Wildman–Crippen MR) is 74.5 cm³/mol. The summed E-state index contributed by atoms with van der Waals surface area (Å²) in [6.07, 6.45) is 1.88. The van der Waals surface area contributed by atoms with E-state index >= 15 is 0 Å². The minimum atomic E-state index is -0.805. The van der Waals surface area contributed by atoms with Gasteiger partial charge in [-0.3, -0.25) is 9.69 Å². The summed E-state index contributed by atoms with van der Waals surface area (Å²) in [4.78, 5) is 26.5. The molecule has 19 heavy (non-hydrogen) atoms. The Labute approximate surface area is 117 Å². The molecule has 6 nitrogen and oxygen atoms in total. The van der Waals surface area contributed by atoms with Gasteiger partial charge in [0.25, 0.3) is 0 Å². The quantitative estimate of drug-likeness (QED) is 0.781. The van der Waals surface area contributed by atoms with Crippen LogP contribution in [0.4, 0.5) is 4.79 Å². The molecule has 0 radical (unpaired) electrons. The number of carbonyl (C=O) groups excluding carboxylic acids is 1. The molecule has 2 amide bonds. The first-order valence-corrected chi connectivity index (χ1v) is 7.88. The van der Waals surface area contributed by atoms with Crippen LogP contribution in [0.3, 0.4) is 0 Å². The highest BCUT2D eigenvalue weighted by Gasteiger charge is 2.23. The van der Waals surface area contributed by atoms with E-state index in [1.54, 1.807) is 0 Å². The molecule has 0 spiro atoms. The van der Waals surface area contributed by atoms with E-state index in [1.807, 2.05) is 21.6 Å². The standard InChI is InChI=1S/C12H21N3O3S/c16-11(17)8-14-3-1-4-15(6-5-14)12(18)13-10-2-7-19-9-10/h10H,1-9H2,(H,13,18)(H,16,17). The highest BCUT2D eigenvalue weighted by molar-refractivity contribution is 7.99. The van der Waals surface area contributed by atoms with Gasteiger partial charge in [-0.05, 0) is 18.6 Å². The number of thioether (sulfide) groups is 1. The monoisotopic (exact) mass is 287 g/mol. The van der Waals surface area contributed by atoms with Crippen LogP contribution in [0.5, 0.6) is 0 Å². The number of carbonyl (C=O) groups is 2. The Morgan fingerprint density at radius 1 is 1.26 bits per heavy atom. The zero-order valence-electron chi connectivity index (χ0n) is 11.0. The molecule has 0 aromatic carbocycles. The van der Waals surface area contributed by atoms with Crippen molar-refractivity contribution in [2.75, 3.05) is 44.2 Å². The molecule has 2 saturated heterocycles. The number of carboxylic acids is 1. The van der Waals surface area contributed by atoms with E-state index in [9.17, 15) is 9.59 Å². The fourth-order valence-corrected chi connectivity index (χ4v) is 3.59. The molecule has 2 fully saturated rings. The summed E-state index contributed by atoms with van der Waals surface area (Å²) in [5, 5.41) is 11.8. The summed E-state index contributed by atoms with van der Waals surface area (Å²) in [5.41, 5.74) is 0. The van der Waals surface area contributed by atoms with Crippen LogP contribution in [0, 0.1) is 0 Å². The second-order valence-corrected chi connectivity index (χ2v) is 6.17. The van der Waals surface area contributed by atoms with Gasteiger partial charge in [-0.1, -0.05) is 0 Å². The third-order valence-corrected chi connectivity index (χ3v) is 4.65.